The van der Waals surface area contributed by atoms with Gasteiger partial charge in [0, 0.05) is 5.56 Å². The van der Waals surface area contributed by atoms with Gasteiger partial charge in [0.1, 0.15) is 11.6 Å². The third kappa shape index (κ3) is 3.23. The van der Waals surface area contributed by atoms with Crippen molar-refractivity contribution in [2.24, 2.45) is 5.73 Å². The zero-order valence-corrected chi connectivity index (χ0v) is 10.6. The molecule has 0 spiro atoms. The lowest BCUT2D eigenvalue weighted by Gasteiger charge is -2.17. The van der Waals surface area contributed by atoms with Crippen LogP contribution < -0.4 is 10.5 Å². The van der Waals surface area contributed by atoms with E-state index < -0.39 is 17.8 Å². The number of carbonyl (C=O) groups is 1. The molecule has 1 atom stereocenters. The molecule has 0 aromatic heterocycles. The van der Waals surface area contributed by atoms with Gasteiger partial charge in [-0.1, -0.05) is 41.9 Å². The van der Waals surface area contributed by atoms with Crippen LogP contribution in [0, 0.1) is 5.82 Å². The maximum Gasteiger partial charge on any atom is 0.263 e. The van der Waals surface area contributed by atoms with E-state index in [9.17, 15) is 9.18 Å². The molecule has 0 radical (unpaired) electrons. The summed E-state index contributed by atoms with van der Waals surface area (Å²) in [6, 6.07) is 12.4. The number of rotatable bonds is 4. The van der Waals surface area contributed by atoms with Gasteiger partial charge < -0.3 is 10.5 Å². The number of amides is 1. The van der Waals surface area contributed by atoms with Gasteiger partial charge in [0.15, 0.2) is 0 Å². The summed E-state index contributed by atoms with van der Waals surface area (Å²) in [5, 5.41) is 0.0854. The molecule has 2 aromatic carbocycles. The molecule has 2 aromatic rings. The highest BCUT2D eigenvalue weighted by Crippen LogP contribution is 2.29. The minimum atomic E-state index is -0.968. The molecule has 2 N–H and O–H groups in total. The van der Waals surface area contributed by atoms with Crippen LogP contribution in [0.15, 0.2) is 48.5 Å². The maximum atomic E-state index is 12.9. The van der Waals surface area contributed by atoms with Gasteiger partial charge in [0.2, 0.25) is 6.10 Å². The Labute approximate surface area is 114 Å². The SMILES string of the molecule is NC(=O)[C@H](Oc1ccc(F)cc1Cl)c1ccccc1. The molecule has 19 heavy (non-hydrogen) atoms. The van der Waals surface area contributed by atoms with Crippen LogP contribution in [-0.2, 0) is 4.79 Å². The van der Waals surface area contributed by atoms with E-state index in [2.05, 4.69) is 0 Å². The van der Waals surface area contributed by atoms with Crippen molar-refractivity contribution in [2.75, 3.05) is 0 Å². The van der Waals surface area contributed by atoms with Crippen molar-refractivity contribution >= 4 is 17.5 Å². The van der Waals surface area contributed by atoms with Gasteiger partial charge in [0.05, 0.1) is 5.02 Å². The van der Waals surface area contributed by atoms with Gasteiger partial charge in [-0.25, -0.2) is 4.39 Å². The molecule has 2 rings (SSSR count). The molecule has 1 amide bonds. The number of nitrogens with two attached hydrogens (primary N) is 1. The van der Waals surface area contributed by atoms with Crippen molar-refractivity contribution in [1.82, 2.24) is 0 Å². The van der Waals surface area contributed by atoms with Gasteiger partial charge >= 0.3 is 0 Å². The van der Waals surface area contributed by atoms with Crippen LogP contribution in [0.4, 0.5) is 4.39 Å². The fourth-order valence-corrected chi connectivity index (χ4v) is 1.83. The summed E-state index contributed by atoms with van der Waals surface area (Å²) < 4.78 is 18.4. The summed E-state index contributed by atoms with van der Waals surface area (Å²) in [6.45, 7) is 0. The van der Waals surface area contributed by atoms with Gasteiger partial charge in [-0.05, 0) is 18.2 Å². The average Bonchev–Trinajstić information content (AvgIpc) is 2.38. The first-order valence-corrected chi connectivity index (χ1v) is 5.91. The molecule has 0 bridgehead atoms. The molecule has 0 aliphatic heterocycles. The number of primary amides is 1. The van der Waals surface area contributed by atoms with Gasteiger partial charge in [-0.2, -0.15) is 0 Å². The second-order valence-corrected chi connectivity index (χ2v) is 4.29. The van der Waals surface area contributed by atoms with Crippen LogP contribution in [-0.4, -0.2) is 5.91 Å². The fourth-order valence-electron chi connectivity index (χ4n) is 1.62. The Morgan fingerprint density at radius 2 is 1.89 bits per heavy atom. The zero-order chi connectivity index (χ0) is 13.8. The van der Waals surface area contributed by atoms with Crippen molar-refractivity contribution in [3.63, 3.8) is 0 Å². The Morgan fingerprint density at radius 1 is 1.21 bits per heavy atom. The van der Waals surface area contributed by atoms with Crippen molar-refractivity contribution in [2.45, 2.75) is 6.10 Å². The van der Waals surface area contributed by atoms with Crippen LogP contribution in [0.5, 0.6) is 5.75 Å². The van der Waals surface area contributed by atoms with Crippen LogP contribution in [0.3, 0.4) is 0 Å². The fraction of sp³-hybridized carbons (Fsp3) is 0.0714. The molecular formula is C14H11ClFNO2. The molecule has 0 saturated heterocycles. The number of halogens is 2. The normalized spacial score (nSPS) is 11.9. The molecule has 0 aliphatic carbocycles. The summed E-state index contributed by atoms with van der Waals surface area (Å²) in [4.78, 5) is 11.5. The highest BCUT2D eigenvalue weighted by atomic mass is 35.5. The Morgan fingerprint density at radius 3 is 2.47 bits per heavy atom. The number of carbonyl (C=O) groups excluding carboxylic acids is 1. The van der Waals surface area contributed by atoms with E-state index >= 15 is 0 Å². The molecular weight excluding hydrogens is 269 g/mol. The minimum Gasteiger partial charge on any atom is -0.474 e. The number of hydrogen-bond acceptors (Lipinski definition) is 2. The Balaban J connectivity index is 2.29. The lowest BCUT2D eigenvalue weighted by atomic mass is 10.1. The van der Waals surface area contributed by atoms with Gasteiger partial charge in [-0.15, -0.1) is 0 Å². The number of benzene rings is 2. The van der Waals surface area contributed by atoms with Gasteiger partial charge in [0.25, 0.3) is 5.91 Å². The highest BCUT2D eigenvalue weighted by molar-refractivity contribution is 6.32. The van der Waals surface area contributed by atoms with E-state index in [0.717, 1.165) is 6.07 Å². The average molecular weight is 280 g/mol. The molecule has 0 heterocycles. The molecule has 0 aliphatic rings. The third-order valence-electron chi connectivity index (χ3n) is 2.50. The Hall–Kier alpha value is -2.07. The van der Waals surface area contributed by atoms with Crippen molar-refractivity contribution in [3.8, 4) is 5.75 Å². The standard InChI is InChI=1S/C14H11ClFNO2/c15-11-8-10(16)6-7-12(11)19-13(14(17)18)9-4-2-1-3-5-9/h1-8,13H,(H2,17,18)/t13-/m1/s1. The maximum absolute atomic E-state index is 12.9. The summed E-state index contributed by atoms with van der Waals surface area (Å²) in [7, 11) is 0. The van der Waals surface area contributed by atoms with Crippen LogP contribution in [0.1, 0.15) is 11.7 Å². The minimum absolute atomic E-state index is 0.0854. The highest BCUT2D eigenvalue weighted by Gasteiger charge is 2.20. The van der Waals surface area contributed by atoms with Crippen molar-refractivity contribution in [3.05, 3.63) is 64.9 Å². The van der Waals surface area contributed by atoms with E-state index in [4.69, 9.17) is 22.1 Å². The molecule has 0 saturated carbocycles. The van der Waals surface area contributed by atoms with Crippen LogP contribution in [0.2, 0.25) is 5.02 Å². The Kier molecular flexibility index (Phi) is 4.02. The van der Waals surface area contributed by atoms with Gasteiger partial charge in [-0.3, -0.25) is 4.79 Å². The molecule has 98 valence electrons. The first-order valence-electron chi connectivity index (χ1n) is 5.54. The van der Waals surface area contributed by atoms with Crippen molar-refractivity contribution in [1.29, 1.82) is 0 Å². The summed E-state index contributed by atoms with van der Waals surface area (Å²) in [6.07, 6.45) is -0.968. The summed E-state index contributed by atoms with van der Waals surface area (Å²) in [5.41, 5.74) is 5.92. The molecule has 3 nitrogen and oxygen atoms in total. The summed E-state index contributed by atoms with van der Waals surface area (Å²) in [5.74, 6) is -0.921. The van der Waals surface area contributed by atoms with E-state index in [1.54, 1.807) is 24.3 Å². The van der Waals surface area contributed by atoms with E-state index in [0.29, 0.717) is 5.56 Å². The lowest BCUT2D eigenvalue weighted by molar-refractivity contribution is -0.125. The second kappa shape index (κ2) is 5.71. The molecule has 0 fully saturated rings. The topological polar surface area (TPSA) is 52.3 Å². The first-order chi connectivity index (χ1) is 9.08. The molecule has 5 heteroatoms. The quantitative estimate of drug-likeness (QED) is 0.935. The van der Waals surface area contributed by atoms with Crippen LogP contribution in [0.25, 0.3) is 0 Å². The zero-order valence-electron chi connectivity index (χ0n) is 9.85. The van der Waals surface area contributed by atoms with Crippen molar-refractivity contribution < 1.29 is 13.9 Å². The third-order valence-corrected chi connectivity index (χ3v) is 2.79. The van der Waals surface area contributed by atoms with Crippen LogP contribution >= 0.6 is 11.6 Å². The molecule has 0 unspecified atom stereocenters. The largest absolute Gasteiger partial charge is 0.474 e. The second-order valence-electron chi connectivity index (χ2n) is 3.89. The Bertz CT molecular complexity index is 589. The predicted molar refractivity (Wildman–Crippen MR) is 70.4 cm³/mol. The summed E-state index contributed by atoms with van der Waals surface area (Å²) >= 11 is 5.85. The first kappa shape index (κ1) is 13.4. The van der Waals surface area contributed by atoms with E-state index in [1.807, 2.05) is 6.07 Å². The monoisotopic (exact) mass is 279 g/mol. The predicted octanol–water partition coefficient (Wildman–Crippen LogP) is 3.08. The number of hydrogen-bond donors (Lipinski definition) is 1. The lowest BCUT2D eigenvalue weighted by Crippen LogP contribution is -2.26. The van der Waals surface area contributed by atoms with E-state index in [1.165, 1.54) is 12.1 Å². The number of ether oxygens (including phenoxy) is 1. The smallest absolute Gasteiger partial charge is 0.263 e. The van der Waals surface area contributed by atoms with E-state index in [-0.39, 0.29) is 10.8 Å².